The molecule has 0 saturated heterocycles. The van der Waals surface area contributed by atoms with Crippen LogP contribution in [0.5, 0.6) is 0 Å². The molecule has 1 amide bonds. The topological polar surface area (TPSA) is 32.3 Å². The number of rotatable bonds is 4. The predicted molar refractivity (Wildman–Crippen MR) is 77.4 cm³/mol. The summed E-state index contributed by atoms with van der Waals surface area (Å²) in [4.78, 5) is 14.5. The number of carbonyl (C=O) groups excluding carboxylic acids is 1. The van der Waals surface area contributed by atoms with Gasteiger partial charge in [0.1, 0.15) is 0 Å². The molecule has 1 saturated carbocycles. The molecule has 1 aliphatic carbocycles. The van der Waals surface area contributed by atoms with Gasteiger partial charge in [0.2, 0.25) is 5.91 Å². The van der Waals surface area contributed by atoms with E-state index >= 15 is 0 Å². The normalized spacial score (nSPS) is 22.2. The zero-order valence-electron chi connectivity index (χ0n) is 11.6. The van der Waals surface area contributed by atoms with Gasteiger partial charge in [0.15, 0.2) is 0 Å². The molecule has 102 valence electrons. The first kappa shape index (κ1) is 12.7. The fourth-order valence-electron chi connectivity index (χ4n) is 2.86. The predicted octanol–water partition coefficient (Wildman–Crippen LogP) is 2.50. The first-order valence-electron chi connectivity index (χ1n) is 7.39. The maximum atomic E-state index is 12.5. The van der Waals surface area contributed by atoms with Crippen LogP contribution in [0.2, 0.25) is 0 Å². The molecule has 0 aromatic heterocycles. The fourth-order valence-corrected chi connectivity index (χ4v) is 2.86. The first-order valence-corrected chi connectivity index (χ1v) is 7.39. The van der Waals surface area contributed by atoms with Crippen LogP contribution in [0.25, 0.3) is 0 Å². The monoisotopic (exact) mass is 258 g/mol. The smallest absolute Gasteiger partial charge is 0.228 e. The van der Waals surface area contributed by atoms with Crippen LogP contribution in [0.15, 0.2) is 24.3 Å². The average Bonchev–Trinajstić information content (AvgIpc) is 3.22. The van der Waals surface area contributed by atoms with Gasteiger partial charge in [-0.3, -0.25) is 4.79 Å². The lowest BCUT2D eigenvalue weighted by atomic mass is 9.96. The Balaban J connectivity index is 1.68. The second kappa shape index (κ2) is 5.33. The van der Waals surface area contributed by atoms with Crippen LogP contribution in [0, 0.1) is 0 Å². The van der Waals surface area contributed by atoms with Crippen molar-refractivity contribution in [2.45, 2.75) is 51.1 Å². The number of nitrogens with one attached hydrogen (secondary N) is 1. The zero-order valence-corrected chi connectivity index (χ0v) is 11.6. The Bertz CT molecular complexity index is 468. The van der Waals surface area contributed by atoms with Gasteiger partial charge in [0.25, 0.3) is 0 Å². The van der Waals surface area contributed by atoms with E-state index < -0.39 is 0 Å². The van der Waals surface area contributed by atoms with Crippen LogP contribution in [0.1, 0.15) is 38.2 Å². The number of carbonyl (C=O) groups is 1. The standard InChI is InChI=1S/C16H22N2O/c1-12-6-7-13-4-2-3-5-15(13)18(12)16(19)10-11-17-14-8-9-14/h2-5,12,14,17H,6-11H2,1H3. The van der Waals surface area contributed by atoms with Crippen LogP contribution >= 0.6 is 0 Å². The van der Waals surface area contributed by atoms with Crippen LogP contribution < -0.4 is 10.2 Å². The van der Waals surface area contributed by atoms with E-state index in [1.807, 2.05) is 11.0 Å². The van der Waals surface area contributed by atoms with E-state index in [1.165, 1.54) is 18.4 Å². The van der Waals surface area contributed by atoms with Gasteiger partial charge in [-0.15, -0.1) is 0 Å². The highest BCUT2D eigenvalue weighted by molar-refractivity contribution is 5.95. The molecule has 3 rings (SSSR count). The number of anilines is 1. The summed E-state index contributed by atoms with van der Waals surface area (Å²) in [6.45, 7) is 2.97. The molecule has 1 aromatic rings. The molecule has 0 bridgehead atoms. The lowest BCUT2D eigenvalue weighted by Crippen LogP contribution is -2.43. The number of para-hydroxylation sites is 1. The zero-order chi connectivity index (χ0) is 13.2. The molecule has 1 aliphatic heterocycles. The largest absolute Gasteiger partial charge is 0.313 e. The second-order valence-corrected chi connectivity index (χ2v) is 5.76. The van der Waals surface area contributed by atoms with Crippen LogP contribution in [0.3, 0.4) is 0 Å². The number of fused-ring (bicyclic) bond motifs is 1. The third-order valence-corrected chi connectivity index (χ3v) is 4.14. The highest BCUT2D eigenvalue weighted by Gasteiger charge is 2.28. The number of benzene rings is 1. The van der Waals surface area contributed by atoms with E-state index in [0.717, 1.165) is 25.1 Å². The van der Waals surface area contributed by atoms with Gasteiger partial charge in [0.05, 0.1) is 0 Å². The number of aryl methyl sites for hydroxylation is 1. The third-order valence-electron chi connectivity index (χ3n) is 4.14. The van der Waals surface area contributed by atoms with Crippen LogP contribution in [-0.2, 0) is 11.2 Å². The Morgan fingerprint density at radius 3 is 2.89 bits per heavy atom. The highest BCUT2D eigenvalue weighted by atomic mass is 16.2. The van der Waals surface area contributed by atoms with Gasteiger partial charge in [-0.25, -0.2) is 0 Å². The van der Waals surface area contributed by atoms with Gasteiger partial charge in [-0.05, 0) is 44.2 Å². The Morgan fingerprint density at radius 2 is 2.11 bits per heavy atom. The summed E-state index contributed by atoms with van der Waals surface area (Å²) in [5.74, 6) is 0.257. The van der Waals surface area contributed by atoms with Crippen molar-refractivity contribution < 1.29 is 4.79 Å². The molecule has 1 aromatic carbocycles. The van der Waals surface area contributed by atoms with Crippen molar-refractivity contribution in [2.75, 3.05) is 11.4 Å². The van der Waals surface area contributed by atoms with Gasteiger partial charge in [-0.2, -0.15) is 0 Å². The summed E-state index contributed by atoms with van der Waals surface area (Å²) >= 11 is 0. The van der Waals surface area contributed by atoms with Crippen molar-refractivity contribution >= 4 is 11.6 Å². The third kappa shape index (κ3) is 2.81. The second-order valence-electron chi connectivity index (χ2n) is 5.76. The maximum Gasteiger partial charge on any atom is 0.228 e. The lowest BCUT2D eigenvalue weighted by molar-refractivity contribution is -0.119. The van der Waals surface area contributed by atoms with Crippen LogP contribution in [-0.4, -0.2) is 24.5 Å². The molecule has 3 heteroatoms. The Labute approximate surface area is 115 Å². The molecule has 1 N–H and O–H groups in total. The highest BCUT2D eigenvalue weighted by Crippen LogP contribution is 2.30. The Morgan fingerprint density at radius 1 is 1.32 bits per heavy atom. The van der Waals surface area contributed by atoms with E-state index in [9.17, 15) is 4.79 Å². The minimum atomic E-state index is 0.257. The average molecular weight is 258 g/mol. The van der Waals surface area contributed by atoms with Gasteiger partial charge in [-0.1, -0.05) is 18.2 Å². The maximum absolute atomic E-state index is 12.5. The molecule has 3 nitrogen and oxygen atoms in total. The molecule has 1 atom stereocenters. The minimum Gasteiger partial charge on any atom is -0.313 e. The molecule has 2 aliphatic rings. The summed E-state index contributed by atoms with van der Waals surface area (Å²) in [7, 11) is 0. The summed E-state index contributed by atoms with van der Waals surface area (Å²) in [5, 5.41) is 3.42. The quantitative estimate of drug-likeness (QED) is 0.900. The lowest BCUT2D eigenvalue weighted by Gasteiger charge is -2.35. The van der Waals surface area contributed by atoms with E-state index in [4.69, 9.17) is 0 Å². The minimum absolute atomic E-state index is 0.257. The summed E-state index contributed by atoms with van der Waals surface area (Å²) in [5.41, 5.74) is 2.43. The number of amides is 1. The number of hydrogen-bond acceptors (Lipinski definition) is 2. The van der Waals surface area contributed by atoms with Crippen molar-refractivity contribution in [2.24, 2.45) is 0 Å². The van der Waals surface area contributed by atoms with Crippen molar-refractivity contribution in [3.05, 3.63) is 29.8 Å². The first-order chi connectivity index (χ1) is 9.25. The van der Waals surface area contributed by atoms with E-state index in [-0.39, 0.29) is 5.91 Å². The van der Waals surface area contributed by atoms with E-state index in [1.54, 1.807) is 0 Å². The van der Waals surface area contributed by atoms with Crippen LogP contribution in [0.4, 0.5) is 5.69 Å². The number of hydrogen-bond donors (Lipinski definition) is 1. The molecule has 1 heterocycles. The van der Waals surface area contributed by atoms with Crippen molar-refractivity contribution in [3.8, 4) is 0 Å². The molecular weight excluding hydrogens is 236 g/mol. The van der Waals surface area contributed by atoms with Crippen molar-refractivity contribution in [3.63, 3.8) is 0 Å². The SMILES string of the molecule is CC1CCc2ccccc2N1C(=O)CCNC1CC1. The van der Waals surface area contributed by atoms with Gasteiger partial charge >= 0.3 is 0 Å². The molecule has 0 spiro atoms. The molecule has 0 radical (unpaired) electrons. The van der Waals surface area contributed by atoms with E-state index in [2.05, 4.69) is 30.4 Å². The van der Waals surface area contributed by atoms with Crippen molar-refractivity contribution in [1.29, 1.82) is 0 Å². The van der Waals surface area contributed by atoms with Gasteiger partial charge < -0.3 is 10.2 Å². The fraction of sp³-hybridized carbons (Fsp3) is 0.562. The Hall–Kier alpha value is -1.35. The summed E-state index contributed by atoms with van der Waals surface area (Å²) < 4.78 is 0. The molecule has 1 fully saturated rings. The molecule has 19 heavy (non-hydrogen) atoms. The molecule has 1 unspecified atom stereocenters. The summed E-state index contributed by atoms with van der Waals surface area (Å²) in [6.07, 6.45) is 5.31. The molecular formula is C16H22N2O. The van der Waals surface area contributed by atoms with E-state index in [0.29, 0.717) is 18.5 Å². The summed E-state index contributed by atoms with van der Waals surface area (Å²) in [6, 6.07) is 9.31. The van der Waals surface area contributed by atoms with Crippen molar-refractivity contribution in [1.82, 2.24) is 5.32 Å². The Kier molecular flexibility index (Phi) is 3.56. The van der Waals surface area contributed by atoms with Gasteiger partial charge in [0, 0.05) is 30.7 Å². The number of nitrogens with zero attached hydrogens (tertiary/aromatic N) is 1.